The van der Waals surface area contributed by atoms with E-state index in [1.807, 2.05) is 0 Å². The van der Waals surface area contributed by atoms with Crippen molar-refractivity contribution in [1.29, 1.82) is 0 Å². The first kappa shape index (κ1) is 10.5. The zero-order valence-electron chi connectivity index (χ0n) is 9.34. The van der Waals surface area contributed by atoms with E-state index in [0.717, 1.165) is 12.8 Å². The molecule has 0 atom stereocenters. The summed E-state index contributed by atoms with van der Waals surface area (Å²) in [5, 5.41) is 0. The van der Waals surface area contributed by atoms with Gasteiger partial charge in [-0.3, -0.25) is 0 Å². The lowest BCUT2D eigenvalue weighted by molar-refractivity contribution is 0.620. The molecule has 0 nitrogen and oxygen atoms in total. The first-order chi connectivity index (χ1) is 7.47. The summed E-state index contributed by atoms with van der Waals surface area (Å²) in [6.45, 7) is 0. The summed E-state index contributed by atoms with van der Waals surface area (Å²) in [6.07, 6.45) is 23.4. The second kappa shape index (κ2) is 5.75. The van der Waals surface area contributed by atoms with Gasteiger partial charge in [-0.2, -0.15) is 0 Å². The molecule has 79 valence electrons. The van der Waals surface area contributed by atoms with Crippen LogP contribution in [0.15, 0.2) is 41.5 Å². The van der Waals surface area contributed by atoms with Crippen LogP contribution < -0.4 is 0 Å². The van der Waals surface area contributed by atoms with Gasteiger partial charge in [-0.1, -0.05) is 43.2 Å². The van der Waals surface area contributed by atoms with Crippen molar-refractivity contribution in [2.24, 2.45) is 0 Å². The zero-order valence-corrected chi connectivity index (χ0v) is 9.34. The third-order valence-corrected chi connectivity index (χ3v) is 3.07. The van der Waals surface area contributed by atoms with Crippen LogP contribution in [0.2, 0.25) is 0 Å². The molecule has 0 spiro atoms. The molecule has 0 saturated heterocycles. The Morgan fingerprint density at radius 2 is 1.87 bits per heavy atom. The van der Waals surface area contributed by atoms with Gasteiger partial charge in [0.25, 0.3) is 0 Å². The quantitative estimate of drug-likeness (QED) is 0.582. The number of allylic oxidation sites excluding steroid dienone is 8. The number of hydrogen-bond donors (Lipinski definition) is 0. The Hall–Kier alpha value is -1.04. The molecule has 0 amide bonds. The van der Waals surface area contributed by atoms with E-state index in [9.17, 15) is 0 Å². The highest BCUT2D eigenvalue weighted by Crippen LogP contribution is 2.25. The zero-order chi connectivity index (χ0) is 10.3. The van der Waals surface area contributed by atoms with E-state index in [1.54, 1.807) is 0 Å². The molecule has 0 bridgehead atoms. The minimum atomic E-state index is 1.08. The molecule has 2 aliphatic carbocycles. The van der Waals surface area contributed by atoms with Gasteiger partial charge in [0, 0.05) is 0 Å². The summed E-state index contributed by atoms with van der Waals surface area (Å²) in [4.78, 5) is 0. The second-order valence-corrected chi connectivity index (χ2v) is 4.28. The van der Waals surface area contributed by atoms with Gasteiger partial charge in [-0.25, -0.2) is 0 Å². The molecular weight excluding hydrogens is 180 g/mol. The Bertz CT molecular complexity index is 313. The van der Waals surface area contributed by atoms with E-state index in [4.69, 9.17) is 0 Å². The molecule has 0 aromatic heterocycles. The van der Waals surface area contributed by atoms with E-state index < -0.39 is 0 Å². The standard InChI is InChI=1S/C15H19/c1-2-6-10-14(11-7-3-1)15-12-8-4-5-9-13-15/h4-5,8-9,12H,1-3,6-7,10,13H2. The Morgan fingerprint density at radius 3 is 2.87 bits per heavy atom. The maximum atomic E-state index is 3.60. The third kappa shape index (κ3) is 3.23. The molecule has 0 heteroatoms. The van der Waals surface area contributed by atoms with Crippen molar-refractivity contribution >= 4 is 0 Å². The molecule has 1 radical (unpaired) electrons. The van der Waals surface area contributed by atoms with Crippen molar-refractivity contribution in [1.82, 2.24) is 0 Å². The van der Waals surface area contributed by atoms with Crippen LogP contribution in [0.5, 0.6) is 0 Å². The summed E-state index contributed by atoms with van der Waals surface area (Å²) < 4.78 is 0. The molecule has 0 fully saturated rings. The highest BCUT2D eigenvalue weighted by Gasteiger charge is 2.06. The average Bonchev–Trinajstić information content (AvgIpc) is 2.45. The van der Waals surface area contributed by atoms with Crippen molar-refractivity contribution in [2.45, 2.75) is 44.9 Å². The van der Waals surface area contributed by atoms with Gasteiger partial charge in [0.1, 0.15) is 0 Å². The first-order valence-electron chi connectivity index (χ1n) is 6.09. The predicted octanol–water partition coefficient (Wildman–Crippen LogP) is 4.51. The molecule has 2 rings (SSSR count). The largest absolute Gasteiger partial charge is 0.0801 e. The lowest BCUT2D eigenvalue weighted by atomic mass is 9.93. The SMILES string of the molecule is [C]1=C(/C2=CC=CC=CC2)CCCCCC/1. The van der Waals surface area contributed by atoms with Gasteiger partial charge in [-0.15, -0.1) is 0 Å². The van der Waals surface area contributed by atoms with Crippen molar-refractivity contribution in [3.8, 4) is 0 Å². The molecule has 0 aromatic rings. The molecule has 0 aliphatic heterocycles. The van der Waals surface area contributed by atoms with Gasteiger partial charge >= 0.3 is 0 Å². The summed E-state index contributed by atoms with van der Waals surface area (Å²) in [6, 6.07) is 0. The van der Waals surface area contributed by atoms with E-state index in [0.29, 0.717) is 0 Å². The molecule has 2 aliphatic rings. The van der Waals surface area contributed by atoms with Crippen LogP contribution in [-0.4, -0.2) is 0 Å². The van der Waals surface area contributed by atoms with E-state index >= 15 is 0 Å². The number of rotatable bonds is 1. The van der Waals surface area contributed by atoms with Gasteiger partial charge in [0.15, 0.2) is 0 Å². The molecule has 0 N–H and O–H groups in total. The molecule has 15 heavy (non-hydrogen) atoms. The molecule has 0 unspecified atom stereocenters. The maximum Gasteiger partial charge on any atom is -0.00915 e. The van der Waals surface area contributed by atoms with Crippen molar-refractivity contribution in [3.63, 3.8) is 0 Å². The van der Waals surface area contributed by atoms with Crippen LogP contribution in [0.25, 0.3) is 0 Å². The van der Waals surface area contributed by atoms with Crippen LogP contribution in [0.4, 0.5) is 0 Å². The van der Waals surface area contributed by atoms with E-state index in [1.165, 1.54) is 43.3 Å². The molecule has 0 heterocycles. The highest BCUT2D eigenvalue weighted by molar-refractivity contribution is 5.36. The number of hydrogen-bond acceptors (Lipinski definition) is 0. The molecule has 0 aromatic carbocycles. The topological polar surface area (TPSA) is 0 Å². The first-order valence-corrected chi connectivity index (χ1v) is 6.09. The monoisotopic (exact) mass is 199 g/mol. The summed E-state index contributed by atoms with van der Waals surface area (Å²) >= 11 is 0. The molecular formula is C15H19. The lowest BCUT2D eigenvalue weighted by Crippen LogP contribution is -1.94. The smallest absolute Gasteiger partial charge is 0.00915 e. The second-order valence-electron chi connectivity index (χ2n) is 4.28. The van der Waals surface area contributed by atoms with Crippen LogP contribution in [0.1, 0.15) is 44.9 Å². The fraction of sp³-hybridized carbons (Fsp3) is 0.467. The van der Waals surface area contributed by atoms with E-state index in [-0.39, 0.29) is 0 Å². The average molecular weight is 199 g/mol. The Balaban J connectivity index is 2.09. The van der Waals surface area contributed by atoms with Gasteiger partial charge in [0.2, 0.25) is 0 Å². The predicted molar refractivity (Wildman–Crippen MR) is 65.4 cm³/mol. The maximum absolute atomic E-state index is 3.60. The normalized spacial score (nSPS) is 25.9. The van der Waals surface area contributed by atoms with Crippen LogP contribution in [0, 0.1) is 6.08 Å². The van der Waals surface area contributed by atoms with Crippen LogP contribution in [0.3, 0.4) is 0 Å². The highest BCUT2D eigenvalue weighted by atomic mass is 14.1. The minimum Gasteiger partial charge on any atom is -0.0801 e. The summed E-state index contributed by atoms with van der Waals surface area (Å²) in [7, 11) is 0. The molecule has 0 saturated carbocycles. The van der Waals surface area contributed by atoms with Crippen molar-refractivity contribution < 1.29 is 0 Å². The lowest BCUT2D eigenvalue weighted by Gasteiger charge is -2.12. The fourth-order valence-corrected chi connectivity index (χ4v) is 2.18. The van der Waals surface area contributed by atoms with Crippen LogP contribution in [-0.2, 0) is 0 Å². The van der Waals surface area contributed by atoms with Crippen molar-refractivity contribution in [3.05, 3.63) is 47.6 Å². The Labute approximate surface area is 93.1 Å². The van der Waals surface area contributed by atoms with Gasteiger partial charge in [-0.05, 0) is 49.3 Å². The minimum absolute atomic E-state index is 1.08. The Kier molecular flexibility index (Phi) is 4.01. The Morgan fingerprint density at radius 1 is 0.933 bits per heavy atom. The van der Waals surface area contributed by atoms with Gasteiger partial charge < -0.3 is 0 Å². The van der Waals surface area contributed by atoms with Crippen molar-refractivity contribution in [2.75, 3.05) is 0 Å². The van der Waals surface area contributed by atoms with E-state index in [2.05, 4.69) is 36.5 Å². The third-order valence-electron chi connectivity index (χ3n) is 3.07. The van der Waals surface area contributed by atoms with Gasteiger partial charge in [0.05, 0.1) is 0 Å². The fourth-order valence-electron chi connectivity index (χ4n) is 2.18. The summed E-state index contributed by atoms with van der Waals surface area (Å²) in [5.74, 6) is 0. The summed E-state index contributed by atoms with van der Waals surface area (Å²) in [5.41, 5.74) is 2.95. The van der Waals surface area contributed by atoms with Crippen LogP contribution >= 0.6 is 0 Å².